The number of carbonyl (C=O) groups is 1. The van der Waals surface area contributed by atoms with Gasteiger partial charge in [0, 0.05) is 25.7 Å². The van der Waals surface area contributed by atoms with Gasteiger partial charge in [0.05, 0.1) is 46.2 Å². The van der Waals surface area contributed by atoms with Gasteiger partial charge in [-0.25, -0.2) is 4.79 Å². The van der Waals surface area contributed by atoms with Crippen molar-refractivity contribution in [3.05, 3.63) is 25.3 Å². The Kier molecular flexibility index (Phi) is 23.8. The van der Waals surface area contributed by atoms with E-state index in [1.807, 2.05) is 6.08 Å². The normalized spacial score (nSPS) is 10.8. The number of rotatable bonds is 24. The number of ether oxygens (including phenoxy) is 5. The third-order valence-corrected chi connectivity index (χ3v) is 4.16. The molecule has 0 spiro atoms. The summed E-state index contributed by atoms with van der Waals surface area (Å²) in [5.74, 6) is -0.403. The first-order valence-corrected chi connectivity index (χ1v) is 11.0. The van der Waals surface area contributed by atoms with Gasteiger partial charge >= 0.3 is 5.97 Å². The molecular weight excluding hydrogens is 372 g/mol. The highest BCUT2D eigenvalue weighted by Crippen LogP contribution is 2.08. The van der Waals surface area contributed by atoms with Crippen molar-refractivity contribution in [1.82, 2.24) is 0 Å². The van der Waals surface area contributed by atoms with E-state index < -0.39 is 5.97 Å². The number of unbranched alkanes of at least 4 members (excludes halogenated alkanes) is 7. The molecule has 0 amide bonds. The van der Waals surface area contributed by atoms with Crippen LogP contribution in [-0.2, 0) is 28.5 Å². The largest absolute Gasteiger partial charge is 0.462 e. The zero-order valence-electron chi connectivity index (χ0n) is 18.2. The molecule has 0 aliphatic rings. The number of esters is 1. The SMILES string of the molecule is C=CCCCCCCCCCOCCOCCOCCOCCCOC(=O)C=C. The summed E-state index contributed by atoms with van der Waals surface area (Å²) >= 11 is 0. The van der Waals surface area contributed by atoms with E-state index >= 15 is 0 Å². The minimum absolute atomic E-state index is 0.345. The number of carbonyl (C=O) groups excluding carboxylic acids is 1. The van der Waals surface area contributed by atoms with Gasteiger partial charge in [-0.2, -0.15) is 0 Å². The van der Waals surface area contributed by atoms with Crippen LogP contribution >= 0.6 is 0 Å². The maximum Gasteiger partial charge on any atom is 0.330 e. The second-order valence-corrected chi connectivity index (χ2v) is 6.73. The summed E-state index contributed by atoms with van der Waals surface area (Å²) in [6.45, 7) is 12.2. The highest BCUT2D eigenvalue weighted by atomic mass is 16.6. The first-order chi connectivity index (χ1) is 14.3. The molecule has 0 aromatic carbocycles. The van der Waals surface area contributed by atoms with E-state index in [2.05, 4.69) is 13.2 Å². The van der Waals surface area contributed by atoms with Crippen LogP contribution < -0.4 is 0 Å². The van der Waals surface area contributed by atoms with E-state index in [1.54, 1.807) is 0 Å². The van der Waals surface area contributed by atoms with E-state index in [9.17, 15) is 4.79 Å². The van der Waals surface area contributed by atoms with Gasteiger partial charge in [-0.15, -0.1) is 6.58 Å². The molecule has 6 heteroatoms. The molecule has 0 aliphatic carbocycles. The Morgan fingerprint density at radius 3 is 1.52 bits per heavy atom. The molecular formula is C23H42O6. The van der Waals surface area contributed by atoms with E-state index in [4.69, 9.17) is 23.7 Å². The molecule has 6 nitrogen and oxygen atoms in total. The zero-order chi connectivity index (χ0) is 21.3. The molecule has 170 valence electrons. The van der Waals surface area contributed by atoms with Crippen molar-refractivity contribution in [2.75, 3.05) is 59.5 Å². The standard InChI is InChI=1S/C23H42O6/c1-3-5-6-7-8-9-10-11-12-14-25-17-19-27-21-22-28-20-18-26-15-13-16-29-23(24)4-2/h3-4H,1-2,5-22H2. The smallest absolute Gasteiger partial charge is 0.330 e. The van der Waals surface area contributed by atoms with Crippen molar-refractivity contribution in [3.8, 4) is 0 Å². The highest BCUT2D eigenvalue weighted by molar-refractivity contribution is 5.81. The fourth-order valence-electron chi connectivity index (χ4n) is 2.53. The Balaban J connectivity index is 3.02. The van der Waals surface area contributed by atoms with Gasteiger partial charge in [-0.3, -0.25) is 0 Å². The van der Waals surface area contributed by atoms with Gasteiger partial charge in [0.15, 0.2) is 0 Å². The summed E-state index contributed by atoms with van der Waals surface area (Å²) in [6.07, 6.45) is 13.9. The van der Waals surface area contributed by atoms with Crippen LogP contribution in [0.5, 0.6) is 0 Å². The van der Waals surface area contributed by atoms with Crippen molar-refractivity contribution in [2.24, 2.45) is 0 Å². The number of allylic oxidation sites excluding steroid dienone is 1. The van der Waals surface area contributed by atoms with Crippen molar-refractivity contribution < 1.29 is 28.5 Å². The van der Waals surface area contributed by atoms with E-state index in [0.717, 1.165) is 25.5 Å². The Morgan fingerprint density at radius 1 is 0.552 bits per heavy atom. The maximum absolute atomic E-state index is 10.8. The average Bonchev–Trinajstić information content (AvgIpc) is 2.74. The topological polar surface area (TPSA) is 63.2 Å². The third kappa shape index (κ3) is 24.8. The van der Waals surface area contributed by atoms with Crippen LogP contribution in [-0.4, -0.2) is 65.4 Å². The van der Waals surface area contributed by atoms with Crippen molar-refractivity contribution in [1.29, 1.82) is 0 Å². The fourth-order valence-corrected chi connectivity index (χ4v) is 2.53. The summed E-state index contributed by atoms with van der Waals surface area (Å²) in [7, 11) is 0. The Morgan fingerprint density at radius 2 is 1.00 bits per heavy atom. The quantitative estimate of drug-likeness (QED) is 0.100. The molecule has 0 aromatic rings. The van der Waals surface area contributed by atoms with Crippen LogP contribution in [0.2, 0.25) is 0 Å². The van der Waals surface area contributed by atoms with Crippen LogP contribution in [0.1, 0.15) is 57.8 Å². The third-order valence-electron chi connectivity index (χ3n) is 4.16. The van der Waals surface area contributed by atoms with Crippen LogP contribution in [0.4, 0.5) is 0 Å². The monoisotopic (exact) mass is 414 g/mol. The summed E-state index contributed by atoms with van der Waals surface area (Å²) in [5, 5.41) is 0. The van der Waals surface area contributed by atoms with E-state index in [1.165, 1.54) is 38.5 Å². The lowest BCUT2D eigenvalue weighted by Crippen LogP contribution is -2.12. The van der Waals surface area contributed by atoms with Gasteiger partial charge in [-0.1, -0.05) is 44.8 Å². The molecule has 0 N–H and O–H groups in total. The highest BCUT2D eigenvalue weighted by Gasteiger charge is 1.96. The lowest BCUT2D eigenvalue weighted by atomic mass is 10.1. The second-order valence-electron chi connectivity index (χ2n) is 6.73. The number of hydrogen-bond donors (Lipinski definition) is 0. The average molecular weight is 415 g/mol. The summed E-state index contributed by atoms with van der Waals surface area (Å²) in [6, 6.07) is 0. The number of hydrogen-bond acceptors (Lipinski definition) is 6. The van der Waals surface area contributed by atoms with Crippen LogP contribution in [0.3, 0.4) is 0 Å². The lowest BCUT2D eigenvalue weighted by Gasteiger charge is -2.08. The van der Waals surface area contributed by atoms with Crippen LogP contribution in [0, 0.1) is 0 Å². The molecule has 0 atom stereocenters. The molecule has 0 radical (unpaired) electrons. The molecule has 0 bridgehead atoms. The van der Waals surface area contributed by atoms with Crippen molar-refractivity contribution in [3.63, 3.8) is 0 Å². The molecule has 0 unspecified atom stereocenters. The van der Waals surface area contributed by atoms with Crippen LogP contribution in [0.25, 0.3) is 0 Å². The Bertz CT molecular complexity index is 372. The molecule has 0 heterocycles. The lowest BCUT2D eigenvalue weighted by molar-refractivity contribution is -0.138. The Labute approximate surface area is 177 Å². The summed E-state index contributed by atoms with van der Waals surface area (Å²) in [5.41, 5.74) is 0. The second kappa shape index (κ2) is 24.8. The molecule has 29 heavy (non-hydrogen) atoms. The summed E-state index contributed by atoms with van der Waals surface area (Å²) < 4.78 is 26.7. The summed E-state index contributed by atoms with van der Waals surface area (Å²) in [4.78, 5) is 10.8. The van der Waals surface area contributed by atoms with Gasteiger partial charge in [0.1, 0.15) is 0 Å². The van der Waals surface area contributed by atoms with Crippen molar-refractivity contribution in [2.45, 2.75) is 57.8 Å². The molecule has 0 aliphatic heterocycles. The van der Waals surface area contributed by atoms with Gasteiger partial charge < -0.3 is 23.7 Å². The predicted molar refractivity (Wildman–Crippen MR) is 116 cm³/mol. The van der Waals surface area contributed by atoms with E-state index in [-0.39, 0.29) is 0 Å². The molecule has 0 aromatic heterocycles. The first-order valence-electron chi connectivity index (χ1n) is 11.0. The molecule has 0 fully saturated rings. The van der Waals surface area contributed by atoms with E-state index in [0.29, 0.717) is 59.3 Å². The fraction of sp³-hybridized carbons (Fsp3) is 0.783. The predicted octanol–water partition coefficient (Wildman–Crippen LogP) is 4.48. The molecule has 0 rings (SSSR count). The maximum atomic E-state index is 10.8. The Hall–Kier alpha value is -1.21. The first kappa shape index (κ1) is 27.8. The minimum atomic E-state index is -0.403. The van der Waals surface area contributed by atoms with Crippen LogP contribution in [0.15, 0.2) is 25.3 Å². The van der Waals surface area contributed by atoms with Crippen molar-refractivity contribution >= 4 is 5.97 Å². The molecule has 0 saturated carbocycles. The van der Waals surface area contributed by atoms with Gasteiger partial charge in [-0.05, 0) is 19.3 Å². The van der Waals surface area contributed by atoms with Gasteiger partial charge in [0.2, 0.25) is 0 Å². The zero-order valence-corrected chi connectivity index (χ0v) is 18.2. The van der Waals surface area contributed by atoms with Gasteiger partial charge in [0.25, 0.3) is 0 Å². The minimum Gasteiger partial charge on any atom is -0.462 e. The molecule has 0 saturated heterocycles.